The summed E-state index contributed by atoms with van der Waals surface area (Å²) in [6.45, 7) is 2.94. The summed E-state index contributed by atoms with van der Waals surface area (Å²) in [6, 6.07) is 7.98. The predicted molar refractivity (Wildman–Crippen MR) is 101 cm³/mol. The summed E-state index contributed by atoms with van der Waals surface area (Å²) >= 11 is 0. The third-order valence-electron chi connectivity index (χ3n) is 4.65. The van der Waals surface area contributed by atoms with Gasteiger partial charge in [-0.25, -0.2) is 0 Å². The molecule has 0 radical (unpaired) electrons. The molecule has 1 amide bonds. The minimum Gasteiger partial charge on any atom is -0.326 e. The molecule has 1 fully saturated rings. The highest BCUT2D eigenvalue weighted by Gasteiger charge is 2.32. The zero-order valence-corrected chi connectivity index (χ0v) is 16.2. The van der Waals surface area contributed by atoms with Crippen LogP contribution in [0.3, 0.4) is 0 Å². The van der Waals surface area contributed by atoms with Gasteiger partial charge in [0.05, 0.1) is 0 Å². The molecule has 25 heavy (non-hydrogen) atoms. The lowest BCUT2D eigenvalue weighted by Gasteiger charge is -2.32. The van der Waals surface area contributed by atoms with Crippen LogP contribution in [-0.2, 0) is 21.4 Å². The van der Waals surface area contributed by atoms with Crippen molar-refractivity contribution >= 4 is 21.8 Å². The summed E-state index contributed by atoms with van der Waals surface area (Å²) < 4.78 is 26.9. The van der Waals surface area contributed by atoms with Gasteiger partial charge in [0, 0.05) is 38.8 Å². The first-order valence-corrected chi connectivity index (χ1v) is 10.3. The summed E-state index contributed by atoms with van der Waals surface area (Å²) in [5.74, 6) is -0.170. The second-order valence-electron chi connectivity index (χ2n) is 6.75. The van der Waals surface area contributed by atoms with E-state index in [2.05, 4.69) is 24.4 Å². The highest BCUT2D eigenvalue weighted by Crippen LogP contribution is 2.22. The summed E-state index contributed by atoms with van der Waals surface area (Å²) in [5.41, 5.74) is 2.08. The highest BCUT2D eigenvalue weighted by molar-refractivity contribution is 7.86. The van der Waals surface area contributed by atoms with Crippen LogP contribution in [0.4, 0.5) is 5.69 Å². The normalized spacial score (nSPS) is 17.0. The first-order chi connectivity index (χ1) is 11.8. The fourth-order valence-corrected chi connectivity index (χ4v) is 4.09. The molecule has 0 bridgehead atoms. The van der Waals surface area contributed by atoms with E-state index in [0.717, 1.165) is 12.1 Å². The molecule has 0 unspecified atom stereocenters. The van der Waals surface area contributed by atoms with Gasteiger partial charge >= 0.3 is 0 Å². The number of nitrogens with one attached hydrogen (secondary N) is 1. The van der Waals surface area contributed by atoms with Gasteiger partial charge in [0.1, 0.15) is 0 Å². The number of hydrogen-bond acceptors (Lipinski definition) is 3. The van der Waals surface area contributed by atoms with Crippen LogP contribution in [0.25, 0.3) is 0 Å². The number of rotatable bonds is 7. The second kappa shape index (κ2) is 8.78. The number of nitrogens with zero attached hydrogens (tertiary/aromatic N) is 2. The maximum absolute atomic E-state index is 12.4. The SMILES string of the molecule is CCCCc1ccc(NC(=O)C2CCN(S(=O)(=O)N(C)C)CC2)cc1. The van der Waals surface area contributed by atoms with Crippen molar-refractivity contribution in [3.8, 4) is 0 Å². The number of unbranched alkanes of at least 4 members (excludes halogenated alkanes) is 1. The topological polar surface area (TPSA) is 69.7 Å². The Balaban J connectivity index is 1.86. The van der Waals surface area contributed by atoms with Crippen molar-refractivity contribution in [1.29, 1.82) is 0 Å². The Labute approximate surface area is 151 Å². The maximum atomic E-state index is 12.4. The van der Waals surface area contributed by atoms with Crippen molar-refractivity contribution in [3.05, 3.63) is 29.8 Å². The Morgan fingerprint density at radius 3 is 2.32 bits per heavy atom. The predicted octanol–water partition coefficient (Wildman–Crippen LogP) is 2.49. The van der Waals surface area contributed by atoms with E-state index in [1.165, 1.54) is 41.1 Å². The van der Waals surface area contributed by atoms with E-state index in [9.17, 15) is 13.2 Å². The lowest BCUT2D eigenvalue weighted by molar-refractivity contribution is -0.120. The molecule has 140 valence electrons. The summed E-state index contributed by atoms with van der Waals surface area (Å²) in [4.78, 5) is 12.4. The van der Waals surface area contributed by atoms with Gasteiger partial charge in [0.15, 0.2) is 0 Å². The molecule has 1 aromatic rings. The molecule has 0 aliphatic carbocycles. The fraction of sp³-hybridized carbons (Fsp3) is 0.611. The van der Waals surface area contributed by atoms with Crippen LogP contribution in [0.15, 0.2) is 24.3 Å². The molecule has 0 atom stereocenters. The molecule has 2 rings (SSSR count). The maximum Gasteiger partial charge on any atom is 0.281 e. The van der Waals surface area contributed by atoms with Gasteiger partial charge in [0.2, 0.25) is 5.91 Å². The van der Waals surface area contributed by atoms with E-state index in [4.69, 9.17) is 0 Å². The zero-order chi connectivity index (χ0) is 18.4. The third kappa shape index (κ3) is 5.26. The molecule has 1 aromatic carbocycles. The summed E-state index contributed by atoms with van der Waals surface area (Å²) in [6.07, 6.45) is 4.49. The van der Waals surface area contributed by atoms with Gasteiger partial charge in [-0.05, 0) is 43.4 Å². The molecule has 1 aliphatic heterocycles. The minimum absolute atomic E-state index is 0.0248. The average molecular weight is 368 g/mol. The van der Waals surface area contributed by atoms with Crippen molar-refractivity contribution in [1.82, 2.24) is 8.61 Å². The quantitative estimate of drug-likeness (QED) is 0.805. The molecule has 1 aliphatic rings. The van der Waals surface area contributed by atoms with Gasteiger partial charge in [-0.15, -0.1) is 0 Å². The highest BCUT2D eigenvalue weighted by atomic mass is 32.2. The standard InChI is InChI=1S/C18H29N3O3S/c1-4-5-6-15-7-9-17(10-8-15)19-18(22)16-11-13-21(14-12-16)25(23,24)20(2)3/h7-10,16H,4-6,11-14H2,1-3H3,(H,19,22). The van der Waals surface area contributed by atoms with Crippen LogP contribution in [0, 0.1) is 5.92 Å². The Morgan fingerprint density at radius 2 is 1.80 bits per heavy atom. The summed E-state index contributed by atoms with van der Waals surface area (Å²) in [5, 5.41) is 2.95. The van der Waals surface area contributed by atoms with Crippen molar-refractivity contribution < 1.29 is 13.2 Å². The molecule has 1 heterocycles. The van der Waals surface area contributed by atoms with Gasteiger partial charge in [-0.1, -0.05) is 25.5 Å². The second-order valence-corrected chi connectivity index (χ2v) is 8.90. The van der Waals surface area contributed by atoms with E-state index in [0.29, 0.717) is 25.9 Å². The molecule has 1 saturated heterocycles. The molecule has 0 spiro atoms. The molecule has 7 heteroatoms. The van der Waals surface area contributed by atoms with Gasteiger partial charge in [-0.3, -0.25) is 4.79 Å². The van der Waals surface area contributed by atoms with Crippen LogP contribution in [0.5, 0.6) is 0 Å². The number of carbonyl (C=O) groups is 1. The first kappa shape index (κ1) is 19.9. The van der Waals surface area contributed by atoms with Crippen LogP contribution in [-0.4, -0.2) is 50.1 Å². The zero-order valence-electron chi connectivity index (χ0n) is 15.4. The minimum atomic E-state index is -3.39. The fourth-order valence-electron chi connectivity index (χ4n) is 2.96. The molecule has 0 saturated carbocycles. The van der Waals surface area contributed by atoms with E-state index in [1.54, 1.807) is 0 Å². The number of benzene rings is 1. The lowest BCUT2D eigenvalue weighted by Crippen LogP contribution is -2.46. The van der Waals surface area contributed by atoms with E-state index < -0.39 is 10.2 Å². The van der Waals surface area contributed by atoms with Gasteiger partial charge in [-0.2, -0.15) is 17.0 Å². The van der Waals surface area contributed by atoms with E-state index >= 15 is 0 Å². The van der Waals surface area contributed by atoms with E-state index in [1.807, 2.05) is 12.1 Å². The van der Waals surface area contributed by atoms with Gasteiger partial charge < -0.3 is 5.32 Å². The molecule has 0 aromatic heterocycles. The monoisotopic (exact) mass is 367 g/mol. The Kier molecular flexibility index (Phi) is 6.98. The van der Waals surface area contributed by atoms with Crippen LogP contribution >= 0.6 is 0 Å². The number of hydrogen-bond donors (Lipinski definition) is 1. The van der Waals surface area contributed by atoms with Gasteiger partial charge in [0.25, 0.3) is 10.2 Å². The average Bonchev–Trinajstić information content (AvgIpc) is 2.61. The number of piperidine rings is 1. The van der Waals surface area contributed by atoms with Crippen molar-refractivity contribution in [2.24, 2.45) is 5.92 Å². The Bertz CT molecular complexity index is 663. The number of carbonyl (C=O) groups excluding carboxylic acids is 1. The van der Waals surface area contributed by atoms with Crippen molar-refractivity contribution in [2.45, 2.75) is 39.0 Å². The van der Waals surface area contributed by atoms with Crippen LogP contribution < -0.4 is 5.32 Å². The number of amides is 1. The van der Waals surface area contributed by atoms with Crippen molar-refractivity contribution in [3.63, 3.8) is 0 Å². The van der Waals surface area contributed by atoms with Crippen LogP contribution in [0.1, 0.15) is 38.2 Å². The lowest BCUT2D eigenvalue weighted by atomic mass is 9.97. The van der Waals surface area contributed by atoms with Crippen molar-refractivity contribution in [2.75, 3.05) is 32.5 Å². The molecule has 6 nitrogen and oxygen atoms in total. The number of aryl methyl sites for hydroxylation is 1. The smallest absolute Gasteiger partial charge is 0.281 e. The molecule has 1 N–H and O–H groups in total. The summed E-state index contributed by atoms with van der Waals surface area (Å²) in [7, 11) is -0.333. The largest absolute Gasteiger partial charge is 0.326 e. The molecular formula is C18H29N3O3S. The Morgan fingerprint density at radius 1 is 1.20 bits per heavy atom. The molecular weight excluding hydrogens is 338 g/mol. The first-order valence-electron chi connectivity index (χ1n) is 8.92. The van der Waals surface area contributed by atoms with Crippen LogP contribution in [0.2, 0.25) is 0 Å². The number of anilines is 1. The third-order valence-corrected chi connectivity index (χ3v) is 6.59. The Hall–Kier alpha value is -1.44. The van der Waals surface area contributed by atoms with E-state index in [-0.39, 0.29) is 11.8 Å².